The van der Waals surface area contributed by atoms with Crippen molar-refractivity contribution in [2.45, 2.75) is 17.1 Å². The van der Waals surface area contributed by atoms with Crippen LogP contribution in [-0.2, 0) is 20.9 Å². The molecule has 1 atom stereocenters. The topological polar surface area (TPSA) is 67.9 Å². The zero-order chi connectivity index (χ0) is 22.6. The van der Waals surface area contributed by atoms with Crippen molar-refractivity contribution in [2.75, 3.05) is 40.0 Å². The number of sulfonamides is 1. The molecule has 1 aliphatic rings. The van der Waals surface area contributed by atoms with Gasteiger partial charge in [-0.1, -0.05) is 12.1 Å². The third-order valence-corrected chi connectivity index (χ3v) is 6.44. The van der Waals surface area contributed by atoms with Gasteiger partial charge in [0, 0.05) is 25.7 Å². The molecule has 0 spiro atoms. The van der Waals surface area contributed by atoms with Gasteiger partial charge in [0.1, 0.15) is 16.5 Å². The Bertz CT molecular complexity index is 991. The van der Waals surface area contributed by atoms with Crippen molar-refractivity contribution >= 4 is 10.0 Å². The average Bonchev–Trinajstić information content (AvgIpc) is 2.74. The number of halogens is 4. The summed E-state index contributed by atoms with van der Waals surface area (Å²) in [5.41, 5.74) is -0.468. The van der Waals surface area contributed by atoms with Crippen LogP contribution in [0.15, 0.2) is 47.4 Å². The van der Waals surface area contributed by atoms with E-state index in [-0.39, 0.29) is 6.54 Å². The van der Waals surface area contributed by atoms with Crippen LogP contribution in [0.1, 0.15) is 17.2 Å². The van der Waals surface area contributed by atoms with Gasteiger partial charge in [0.15, 0.2) is 0 Å². The maximum atomic E-state index is 14.1. The molecule has 1 fully saturated rings. The second-order valence-corrected chi connectivity index (χ2v) is 8.67. The SMILES string of the molecule is COc1ccc(C(CNS(=O)(=O)c2cc(C(F)(F)F)ccc2F)N2CCOCC2)cc1. The summed E-state index contributed by atoms with van der Waals surface area (Å²) in [5, 5.41) is 0. The van der Waals surface area contributed by atoms with Gasteiger partial charge in [-0.25, -0.2) is 17.5 Å². The van der Waals surface area contributed by atoms with Crippen molar-refractivity contribution in [1.82, 2.24) is 9.62 Å². The molecule has 1 aliphatic heterocycles. The minimum Gasteiger partial charge on any atom is -0.497 e. The Morgan fingerprint density at radius 2 is 1.77 bits per heavy atom. The fourth-order valence-corrected chi connectivity index (χ4v) is 4.46. The molecule has 0 amide bonds. The first-order chi connectivity index (χ1) is 14.6. The Kier molecular flexibility index (Phi) is 7.20. The molecule has 31 heavy (non-hydrogen) atoms. The summed E-state index contributed by atoms with van der Waals surface area (Å²) in [5.74, 6) is -0.635. The Balaban J connectivity index is 1.86. The smallest absolute Gasteiger partial charge is 0.416 e. The predicted molar refractivity (Wildman–Crippen MR) is 105 cm³/mol. The quantitative estimate of drug-likeness (QED) is 0.641. The first-order valence-electron chi connectivity index (χ1n) is 9.44. The van der Waals surface area contributed by atoms with E-state index >= 15 is 0 Å². The van der Waals surface area contributed by atoms with Gasteiger partial charge in [0.2, 0.25) is 10.0 Å². The number of benzene rings is 2. The Morgan fingerprint density at radius 1 is 1.13 bits per heavy atom. The molecule has 0 aromatic heterocycles. The highest BCUT2D eigenvalue weighted by Gasteiger charge is 2.33. The third-order valence-electron chi connectivity index (χ3n) is 5.00. The molecule has 2 aromatic rings. The first-order valence-corrected chi connectivity index (χ1v) is 10.9. The van der Waals surface area contributed by atoms with E-state index in [0.717, 1.165) is 5.56 Å². The Hall–Kier alpha value is -2.21. The van der Waals surface area contributed by atoms with Crippen molar-refractivity contribution in [3.63, 3.8) is 0 Å². The number of alkyl halides is 3. The van der Waals surface area contributed by atoms with E-state index in [1.54, 1.807) is 24.3 Å². The molecular weight excluding hydrogens is 440 g/mol. The van der Waals surface area contributed by atoms with Crippen molar-refractivity contribution < 1.29 is 35.5 Å². The molecule has 6 nitrogen and oxygen atoms in total. The second-order valence-electron chi connectivity index (χ2n) is 6.93. The maximum Gasteiger partial charge on any atom is 0.416 e. The predicted octanol–water partition coefficient (Wildman–Crippen LogP) is 3.20. The highest BCUT2D eigenvalue weighted by Crippen LogP contribution is 2.32. The van der Waals surface area contributed by atoms with Crippen LogP contribution in [-0.4, -0.2) is 53.3 Å². The molecule has 1 heterocycles. The van der Waals surface area contributed by atoms with Gasteiger partial charge in [-0.15, -0.1) is 0 Å². The summed E-state index contributed by atoms with van der Waals surface area (Å²) in [6.07, 6.45) is -4.79. The van der Waals surface area contributed by atoms with Crippen LogP contribution in [0.3, 0.4) is 0 Å². The molecular formula is C20H22F4N2O4S. The summed E-state index contributed by atoms with van der Waals surface area (Å²) in [4.78, 5) is 0.953. The molecule has 0 bridgehead atoms. The highest BCUT2D eigenvalue weighted by atomic mass is 32.2. The number of methoxy groups -OCH3 is 1. The van der Waals surface area contributed by atoms with E-state index in [1.165, 1.54) is 7.11 Å². The van der Waals surface area contributed by atoms with Gasteiger partial charge < -0.3 is 9.47 Å². The number of hydrogen-bond acceptors (Lipinski definition) is 5. The van der Waals surface area contributed by atoms with Crippen LogP contribution < -0.4 is 9.46 Å². The van der Waals surface area contributed by atoms with Gasteiger partial charge in [-0.2, -0.15) is 13.2 Å². The van der Waals surface area contributed by atoms with E-state index in [0.29, 0.717) is 50.3 Å². The van der Waals surface area contributed by atoms with E-state index in [4.69, 9.17) is 9.47 Å². The van der Waals surface area contributed by atoms with Crippen LogP contribution in [0.25, 0.3) is 0 Å². The number of nitrogens with zero attached hydrogens (tertiary/aromatic N) is 1. The number of morpholine rings is 1. The van der Waals surface area contributed by atoms with Gasteiger partial charge in [-0.3, -0.25) is 4.90 Å². The molecule has 1 saturated heterocycles. The van der Waals surface area contributed by atoms with Crippen LogP contribution >= 0.6 is 0 Å². The van der Waals surface area contributed by atoms with Gasteiger partial charge in [-0.05, 0) is 35.9 Å². The van der Waals surface area contributed by atoms with Crippen molar-refractivity contribution in [1.29, 1.82) is 0 Å². The third kappa shape index (κ3) is 5.73. The molecule has 0 aliphatic carbocycles. The first kappa shape index (κ1) is 23.5. The maximum absolute atomic E-state index is 14.1. The molecule has 2 aromatic carbocycles. The van der Waals surface area contributed by atoms with Crippen molar-refractivity contribution in [3.8, 4) is 5.75 Å². The largest absolute Gasteiger partial charge is 0.497 e. The zero-order valence-electron chi connectivity index (χ0n) is 16.7. The van der Waals surface area contributed by atoms with Crippen LogP contribution in [0.5, 0.6) is 5.75 Å². The van der Waals surface area contributed by atoms with Gasteiger partial charge in [0.25, 0.3) is 0 Å². The number of rotatable bonds is 7. The fraction of sp³-hybridized carbons (Fsp3) is 0.400. The van der Waals surface area contributed by atoms with E-state index in [2.05, 4.69) is 4.72 Å². The minimum atomic E-state index is -4.79. The average molecular weight is 462 g/mol. The second kappa shape index (κ2) is 9.51. The summed E-state index contributed by atoms with van der Waals surface area (Å²) in [6, 6.07) is 7.87. The number of ether oxygens (including phenoxy) is 2. The van der Waals surface area contributed by atoms with Gasteiger partial charge in [0.05, 0.1) is 25.9 Å². The Labute approximate surface area is 177 Å². The summed E-state index contributed by atoms with van der Waals surface area (Å²) in [7, 11) is -3.02. The zero-order valence-corrected chi connectivity index (χ0v) is 17.5. The summed E-state index contributed by atoms with van der Waals surface area (Å²) < 4.78 is 91.1. The van der Waals surface area contributed by atoms with E-state index in [1.807, 2.05) is 4.90 Å². The van der Waals surface area contributed by atoms with E-state index in [9.17, 15) is 26.0 Å². The van der Waals surface area contributed by atoms with Crippen LogP contribution in [0, 0.1) is 5.82 Å². The lowest BCUT2D eigenvalue weighted by Crippen LogP contribution is -2.43. The minimum absolute atomic E-state index is 0.162. The molecule has 11 heteroatoms. The summed E-state index contributed by atoms with van der Waals surface area (Å²) >= 11 is 0. The molecule has 170 valence electrons. The lowest BCUT2D eigenvalue weighted by Gasteiger charge is -2.35. The normalized spacial score (nSPS) is 16.8. The van der Waals surface area contributed by atoms with Crippen molar-refractivity contribution in [2.24, 2.45) is 0 Å². The highest BCUT2D eigenvalue weighted by molar-refractivity contribution is 7.89. The van der Waals surface area contributed by atoms with E-state index < -0.39 is 38.5 Å². The summed E-state index contributed by atoms with van der Waals surface area (Å²) in [6.45, 7) is 1.83. The lowest BCUT2D eigenvalue weighted by atomic mass is 10.0. The fourth-order valence-electron chi connectivity index (χ4n) is 3.32. The molecule has 0 saturated carbocycles. The molecule has 1 N–H and O–H groups in total. The molecule has 1 unspecified atom stereocenters. The van der Waals surface area contributed by atoms with Crippen molar-refractivity contribution in [3.05, 3.63) is 59.4 Å². The van der Waals surface area contributed by atoms with Gasteiger partial charge >= 0.3 is 6.18 Å². The molecule has 3 rings (SSSR count). The number of nitrogens with one attached hydrogen (secondary N) is 1. The standard InChI is InChI=1S/C20H22F4N2O4S/c1-29-16-5-2-14(3-6-16)18(26-8-10-30-11-9-26)13-25-31(27,28)19-12-15(20(22,23)24)4-7-17(19)21/h2-7,12,18,25H,8-11,13H2,1H3. The Morgan fingerprint density at radius 3 is 2.35 bits per heavy atom. The monoisotopic (exact) mass is 462 g/mol. The van der Waals surface area contributed by atoms with Crippen LogP contribution in [0.4, 0.5) is 17.6 Å². The van der Waals surface area contributed by atoms with Crippen LogP contribution in [0.2, 0.25) is 0 Å². The molecule has 0 radical (unpaired) electrons. The number of hydrogen-bond donors (Lipinski definition) is 1. The lowest BCUT2D eigenvalue weighted by molar-refractivity contribution is -0.137.